The van der Waals surface area contributed by atoms with Crippen molar-refractivity contribution in [3.63, 3.8) is 0 Å². The van der Waals surface area contributed by atoms with E-state index in [1.165, 1.54) is 27.8 Å². The molecule has 0 fully saturated rings. The summed E-state index contributed by atoms with van der Waals surface area (Å²) in [7, 11) is 0. The minimum absolute atomic E-state index is 0.119. The third kappa shape index (κ3) is 3.68. The lowest BCUT2D eigenvalue weighted by Crippen LogP contribution is -2.21. The van der Waals surface area contributed by atoms with Crippen molar-refractivity contribution in [2.24, 2.45) is 0 Å². The molecule has 3 aromatic heterocycles. The van der Waals surface area contributed by atoms with Gasteiger partial charge >= 0.3 is 0 Å². The summed E-state index contributed by atoms with van der Waals surface area (Å²) < 4.78 is 6.93. The largest absolute Gasteiger partial charge is 0.337 e. The molecule has 0 N–H and O–H groups in total. The Morgan fingerprint density at radius 3 is 2.55 bits per heavy atom. The monoisotopic (exact) mass is 428 g/mol. The summed E-state index contributed by atoms with van der Waals surface area (Å²) >= 11 is 1.47. The highest BCUT2D eigenvalue weighted by Gasteiger charge is 2.15. The van der Waals surface area contributed by atoms with Crippen LogP contribution in [-0.4, -0.2) is 19.7 Å². The van der Waals surface area contributed by atoms with Crippen molar-refractivity contribution >= 4 is 21.6 Å². The number of thiophene rings is 1. The topological polar surface area (TPSA) is 73.8 Å². The zero-order valence-corrected chi connectivity index (χ0v) is 18.0. The molecule has 0 unspecified atom stereocenters. The Balaban J connectivity index is 1.46. The van der Waals surface area contributed by atoms with Crippen molar-refractivity contribution in [3.8, 4) is 22.5 Å². The van der Waals surface area contributed by atoms with Gasteiger partial charge in [-0.25, -0.2) is 4.98 Å². The molecule has 0 saturated carbocycles. The van der Waals surface area contributed by atoms with E-state index in [0.29, 0.717) is 23.0 Å². The first-order valence-electron chi connectivity index (χ1n) is 10.0. The van der Waals surface area contributed by atoms with Crippen LogP contribution >= 0.6 is 11.3 Å². The van der Waals surface area contributed by atoms with E-state index in [-0.39, 0.29) is 12.1 Å². The van der Waals surface area contributed by atoms with Crippen molar-refractivity contribution < 1.29 is 4.52 Å². The van der Waals surface area contributed by atoms with Crippen LogP contribution in [0.5, 0.6) is 0 Å². The highest BCUT2D eigenvalue weighted by atomic mass is 32.1. The van der Waals surface area contributed by atoms with E-state index in [9.17, 15) is 4.79 Å². The highest BCUT2D eigenvalue weighted by Crippen LogP contribution is 2.30. The highest BCUT2D eigenvalue weighted by molar-refractivity contribution is 7.17. The van der Waals surface area contributed by atoms with Gasteiger partial charge < -0.3 is 4.52 Å². The van der Waals surface area contributed by atoms with E-state index in [0.717, 1.165) is 21.5 Å². The molecule has 0 amide bonds. The predicted molar refractivity (Wildman–Crippen MR) is 122 cm³/mol. The third-order valence-corrected chi connectivity index (χ3v) is 6.14. The van der Waals surface area contributed by atoms with E-state index in [1.54, 1.807) is 0 Å². The fourth-order valence-electron chi connectivity index (χ4n) is 3.51. The van der Waals surface area contributed by atoms with Crippen LogP contribution in [0, 0.1) is 0 Å². The molecule has 7 heteroatoms. The molecule has 154 valence electrons. The molecular formula is C24H20N4O2S. The fourth-order valence-corrected chi connectivity index (χ4v) is 4.42. The maximum atomic E-state index is 13.2. The van der Waals surface area contributed by atoms with Crippen LogP contribution in [0.25, 0.3) is 32.7 Å². The zero-order chi connectivity index (χ0) is 21.4. The van der Waals surface area contributed by atoms with Gasteiger partial charge in [-0.2, -0.15) is 4.98 Å². The van der Waals surface area contributed by atoms with Gasteiger partial charge in [0.1, 0.15) is 11.4 Å². The maximum Gasteiger partial charge on any atom is 0.263 e. The first-order valence-corrected chi connectivity index (χ1v) is 10.9. The van der Waals surface area contributed by atoms with Gasteiger partial charge in [0.15, 0.2) is 0 Å². The van der Waals surface area contributed by atoms with Crippen molar-refractivity contribution in [3.05, 3.63) is 88.1 Å². The molecule has 0 aliphatic heterocycles. The second-order valence-electron chi connectivity index (χ2n) is 7.66. The number of nitrogens with zero attached hydrogens (tertiary/aromatic N) is 4. The molecule has 0 spiro atoms. The number of hydrogen-bond acceptors (Lipinski definition) is 6. The second-order valence-corrected chi connectivity index (χ2v) is 8.52. The molecule has 0 aliphatic rings. The van der Waals surface area contributed by atoms with Gasteiger partial charge in [-0.15, -0.1) is 11.3 Å². The Bertz CT molecular complexity index is 1400. The van der Waals surface area contributed by atoms with E-state index < -0.39 is 0 Å². The van der Waals surface area contributed by atoms with Crippen LogP contribution in [-0.2, 0) is 6.54 Å². The first-order chi connectivity index (χ1) is 15.1. The van der Waals surface area contributed by atoms with Crippen LogP contribution in [0.4, 0.5) is 0 Å². The zero-order valence-electron chi connectivity index (χ0n) is 17.1. The van der Waals surface area contributed by atoms with Gasteiger partial charge in [0.25, 0.3) is 5.56 Å². The average Bonchev–Trinajstić information content (AvgIpc) is 3.44. The number of benzene rings is 2. The lowest BCUT2D eigenvalue weighted by Gasteiger charge is -2.04. The van der Waals surface area contributed by atoms with Crippen molar-refractivity contribution in [2.75, 3.05) is 0 Å². The van der Waals surface area contributed by atoms with Crippen LogP contribution in [0.15, 0.2) is 75.6 Å². The van der Waals surface area contributed by atoms with E-state index in [4.69, 9.17) is 4.52 Å². The summed E-state index contributed by atoms with van der Waals surface area (Å²) in [5.74, 6) is 1.33. The molecule has 0 bridgehead atoms. The first kappa shape index (κ1) is 19.4. The summed E-state index contributed by atoms with van der Waals surface area (Å²) in [6.07, 6.45) is 1.54. The van der Waals surface area contributed by atoms with E-state index >= 15 is 0 Å². The molecule has 5 aromatic rings. The smallest absolute Gasteiger partial charge is 0.263 e. The summed E-state index contributed by atoms with van der Waals surface area (Å²) in [4.78, 5) is 22.9. The predicted octanol–water partition coefficient (Wildman–Crippen LogP) is 5.35. The SMILES string of the molecule is CC(C)c1ccc(-c2noc(Cn3cnc4scc(-c5ccccc5)c4c3=O)n2)cc1. The molecule has 0 atom stereocenters. The summed E-state index contributed by atoms with van der Waals surface area (Å²) in [5.41, 5.74) is 3.90. The van der Waals surface area contributed by atoms with Crippen LogP contribution in [0.1, 0.15) is 31.2 Å². The lowest BCUT2D eigenvalue weighted by molar-refractivity contribution is 0.369. The van der Waals surface area contributed by atoms with Gasteiger partial charge in [-0.1, -0.05) is 73.6 Å². The molecule has 3 heterocycles. The van der Waals surface area contributed by atoms with Crippen LogP contribution in [0.2, 0.25) is 0 Å². The van der Waals surface area contributed by atoms with Gasteiger partial charge in [-0.3, -0.25) is 9.36 Å². The molecule has 0 radical (unpaired) electrons. The fraction of sp³-hybridized carbons (Fsp3) is 0.167. The summed E-state index contributed by atoms with van der Waals surface area (Å²) in [6, 6.07) is 18.0. The van der Waals surface area contributed by atoms with Gasteiger partial charge in [0, 0.05) is 16.5 Å². The lowest BCUT2D eigenvalue weighted by atomic mass is 10.0. The van der Waals surface area contributed by atoms with Crippen molar-refractivity contribution in [1.82, 2.24) is 19.7 Å². The quantitative estimate of drug-likeness (QED) is 0.377. The van der Waals surface area contributed by atoms with Crippen molar-refractivity contribution in [2.45, 2.75) is 26.3 Å². The normalized spacial score (nSPS) is 11.5. The molecule has 31 heavy (non-hydrogen) atoms. The van der Waals surface area contributed by atoms with Crippen LogP contribution < -0.4 is 5.56 Å². The standard InChI is InChI=1S/C24H20N4O2S/c1-15(2)16-8-10-18(11-9-16)22-26-20(30-27-22)12-28-14-25-23-21(24(28)29)19(13-31-23)17-6-4-3-5-7-17/h3-11,13-15H,12H2,1-2H3. The number of fused-ring (bicyclic) bond motifs is 1. The Morgan fingerprint density at radius 2 is 1.81 bits per heavy atom. The van der Waals surface area contributed by atoms with E-state index in [1.807, 2.05) is 47.8 Å². The minimum atomic E-state index is -0.119. The molecular weight excluding hydrogens is 408 g/mol. The Hall–Kier alpha value is -3.58. The van der Waals surface area contributed by atoms with Gasteiger partial charge in [0.2, 0.25) is 11.7 Å². The molecule has 5 rings (SSSR count). The third-order valence-electron chi connectivity index (χ3n) is 5.25. The summed E-state index contributed by atoms with van der Waals surface area (Å²) in [6.45, 7) is 4.48. The number of rotatable bonds is 5. The molecule has 0 saturated heterocycles. The van der Waals surface area contributed by atoms with E-state index in [2.05, 4.69) is 41.1 Å². The van der Waals surface area contributed by atoms with Crippen molar-refractivity contribution in [1.29, 1.82) is 0 Å². The summed E-state index contributed by atoms with van der Waals surface area (Å²) in [5, 5.41) is 6.67. The average molecular weight is 429 g/mol. The second kappa shape index (κ2) is 7.92. The number of aromatic nitrogens is 4. The molecule has 2 aromatic carbocycles. The van der Waals surface area contributed by atoms with Gasteiger partial charge in [-0.05, 0) is 17.0 Å². The molecule has 6 nitrogen and oxygen atoms in total. The molecule has 0 aliphatic carbocycles. The Morgan fingerprint density at radius 1 is 1.03 bits per heavy atom. The Labute approximate surface area is 182 Å². The van der Waals surface area contributed by atoms with Gasteiger partial charge in [0.05, 0.1) is 11.7 Å². The van der Waals surface area contributed by atoms with Crippen LogP contribution in [0.3, 0.4) is 0 Å². The Kier molecular flexibility index (Phi) is 4.95. The number of hydrogen-bond donors (Lipinski definition) is 0. The maximum absolute atomic E-state index is 13.2. The minimum Gasteiger partial charge on any atom is -0.337 e.